The number of ether oxygens (including phenoxy) is 2. The summed E-state index contributed by atoms with van der Waals surface area (Å²) in [6.45, 7) is 6.48. The van der Waals surface area contributed by atoms with E-state index in [-0.39, 0.29) is 18.1 Å². The molecule has 4 heterocycles. The molecule has 0 spiro atoms. The molecule has 2 aromatic carbocycles. The van der Waals surface area contributed by atoms with Crippen LogP contribution in [0.1, 0.15) is 53.2 Å². The van der Waals surface area contributed by atoms with Crippen molar-refractivity contribution in [1.29, 1.82) is 0 Å². The summed E-state index contributed by atoms with van der Waals surface area (Å²) in [4.78, 5) is 45.2. The highest BCUT2D eigenvalue weighted by atomic mass is 32.1. The van der Waals surface area contributed by atoms with Crippen LogP contribution in [0.15, 0.2) is 93.3 Å². The molecule has 0 aliphatic carbocycles. The van der Waals surface area contributed by atoms with Crippen LogP contribution in [-0.2, 0) is 20.8 Å². The molecular weight excluding hydrogens is 583 g/mol. The van der Waals surface area contributed by atoms with Crippen LogP contribution < -0.4 is 14.9 Å². The first-order chi connectivity index (χ1) is 20.9. The van der Waals surface area contributed by atoms with Crippen molar-refractivity contribution in [3.63, 3.8) is 0 Å². The number of benzene rings is 2. The summed E-state index contributed by atoms with van der Waals surface area (Å²) in [5.74, 6) is -0.801. The summed E-state index contributed by atoms with van der Waals surface area (Å²) >= 11 is 2.80. The van der Waals surface area contributed by atoms with Crippen molar-refractivity contribution < 1.29 is 19.1 Å². The van der Waals surface area contributed by atoms with Gasteiger partial charge in [-0.3, -0.25) is 9.36 Å². The third-order valence-corrected chi connectivity index (χ3v) is 9.16. The van der Waals surface area contributed by atoms with Crippen molar-refractivity contribution in [3.05, 3.63) is 125 Å². The zero-order valence-electron chi connectivity index (χ0n) is 23.9. The van der Waals surface area contributed by atoms with E-state index in [1.807, 2.05) is 66.2 Å². The van der Waals surface area contributed by atoms with E-state index < -0.39 is 12.0 Å². The van der Waals surface area contributed by atoms with Gasteiger partial charge in [-0.05, 0) is 62.1 Å². The molecule has 218 valence electrons. The molecule has 3 aromatic heterocycles. The molecule has 1 aliphatic heterocycles. The Labute approximate surface area is 255 Å². The van der Waals surface area contributed by atoms with Crippen molar-refractivity contribution in [2.24, 2.45) is 4.99 Å². The molecule has 0 unspecified atom stereocenters. The molecule has 10 heteroatoms. The monoisotopic (exact) mass is 611 g/mol. The molecular formula is C33H29N3O5S2. The van der Waals surface area contributed by atoms with E-state index in [0.29, 0.717) is 39.3 Å². The second-order valence-corrected chi connectivity index (χ2v) is 12.0. The lowest BCUT2D eigenvalue weighted by molar-refractivity contribution is -0.139. The number of thiophene rings is 1. The smallest absolute Gasteiger partial charge is 0.338 e. The molecule has 0 fully saturated rings. The van der Waals surface area contributed by atoms with Crippen LogP contribution in [-0.4, -0.2) is 34.3 Å². The summed E-state index contributed by atoms with van der Waals surface area (Å²) in [6.07, 6.45) is 3.94. The predicted molar refractivity (Wildman–Crippen MR) is 168 cm³/mol. The van der Waals surface area contributed by atoms with Gasteiger partial charge in [0.15, 0.2) is 4.80 Å². The number of nitrogens with zero attached hydrogens (tertiary/aromatic N) is 3. The van der Waals surface area contributed by atoms with Crippen LogP contribution in [0, 0.1) is 0 Å². The van der Waals surface area contributed by atoms with E-state index in [1.165, 1.54) is 22.7 Å². The Kier molecular flexibility index (Phi) is 7.96. The van der Waals surface area contributed by atoms with Gasteiger partial charge in [0.1, 0.15) is 6.04 Å². The van der Waals surface area contributed by atoms with E-state index in [0.717, 1.165) is 26.9 Å². The van der Waals surface area contributed by atoms with Crippen molar-refractivity contribution in [1.82, 2.24) is 9.13 Å². The van der Waals surface area contributed by atoms with Crippen LogP contribution in [0.5, 0.6) is 0 Å². The number of carbonyl (C=O) groups excluding carboxylic acids is 2. The second-order valence-electron chi connectivity index (χ2n) is 9.96. The highest BCUT2D eigenvalue weighted by Gasteiger charge is 2.33. The van der Waals surface area contributed by atoms with Crippen molar-refractivity contribution in [2.45, 2.75) is 33.4 Å². The molecule has 0 saturated carbocycles. The quantitative estimate of drug-likeness (QED) is 0.229. The lowest BCUT2D eigenvalue weighted by Crippen LogP contribution is -2.39. The topological polar surface area (TPSA) is 91.9 Å². The Bertz CT molecular complexity index is 2050. The van der Waals surface area contributed by atoms with Crippen LogP contribution in [0.25, 0.3) is 17.0 Å². The summed E-state index contributed by atoms with van der Waals surface area (Å²) in [5, 5.41) is 2.94. The van der Waals surface area contributed by atoms with Crippen molar-refractivity contribution in [2.75, 3.05) is 13.2 Å². The van der Waals surface area contributed by atoms with Crippen molar-refractivity contribution in [3.8, 4) is 0 Å². The number of hydrogen-bond donors (Lipinski definition) is 0. The largest absolute Gasteiger partial charge is 0.463 e. The van der Waals surface area contributed by atoms with Gasteiger partial charge < -0.3 is 14.0 Å². The third kappa shape index (κ3) is 5.39. The standard InChI is InChI=1S/C33H29N3O5S2/c1-4-40-31(38)22-14-12-21(13-15-22)18-35-19-23(24-9-6-7-10-25(24)35)17-27-30(37)36-29(26-11-8-16-42-26)28(32(39)41-5-2)20(3)34-33(36)43-27/h6-17,19,29H,4-5,18H2,1-3H3/b27-17-/t29-/m1/s1. The van der Waals surface area contributed by atoms with Gasteiger partial charge in [0.25, 0.3) is 5.56 Å². The van der Waals surface area contributed by atoms with E-state index in [4.69, 9.17) is 9.47 Å². The number of allylic oxidation sites excluding steroid dienone is 1. The summed E-state index contributed by atoms with van der Waals surface area (Å²) in [5.41, 5.74) is 4.19. The van der Waals surface area contributed by atoms with Gasteiger partial charge in [0.05, 0.1) is 34.6 Å². The highest BCUT2D eigenvalue weighted by Crippen LogP contribution is 2.33. The predicted octanol–water partition coefficient (Wildman–Crippen LogP) is 5.04. The lowest BCUT2D eigenvalue weighted by atomic mass is 10.0. The number of para-hydroxylation sites is 1. The Morgan fingerprint density at radius 2 is 1.72 bits per heavy atom. The van der Waals surface area contributed by atoms with Crippen LogP contribution in [0.4, 0.5) is 0 Å². The minimum atomic E-state index is -0.601. The molecule has 1 atom stereocenters. The minimum Gasteiger partial charge on any atom is -0.463 e. The van der Waals surface area contributed by atoms with Gasteiger partial charge in [0, 0.05) is 34.1 Å². The number of thiazole rings is 1. The first kappa shape index (κ1) is 28.6. The normalized spacial score (nSPS) is 15.0. The van der Waals surface area contributed by atoms with Crippen LogP contribution >= 0.6 is 22.7 Å². The van der Waals surface area contributed by atoms with Crippen LogP contribution in [0.2, 0.25) is 0 Å². The summed E-state index contributed by atoms with van der Waals surface area (Å²) < 4.78 is 14.7. The first-order valence-electron chi connectivity index (χ1n) is 14.0. The second kappa shape index (κ2) is 12.0. The summed E-state index contributed by atoms with van der Waals surface area (Å²) in [6, 6.07) is 18.7. The number of hydrogen-bond acceptors (Lipinski definition) is 8. The third-order valence-electron chi connectivity index (χ3n) is 7.25. The molecule has 0 amide bonds. The molecule has 8 nitrogen and oxygen atoms in total. The van der Waals surface area contributed by atoms with E-state index in [1.54, 1.807) is 37.5 Å². The fourth-order valence-corrected chi connectivity index (χ4v) is 7.19. The van der Waals surface area contributed by atoms with E-state index in [9.17, 15) is 14.4 Å². The van der Waals surface area contributed by atoms with Gasteiger partial charge >= 0.3 is 11.9 Å². The number of aromatic nitrogens is 2. The van der Waals surface area contributed by atoms with Gasteiger partial charge in [-0.1, -0.05) is 47.7 Å². The molecule has 0 radical (unpaired) electrons. The van der Waals surface area contributed by atoms with E-state index >= 15 is 0 Å². The Balaban J connectivity index is 1.42. The zero-order chi connectivity index (χ0) is 30.1. The molecule has 0 saturated heterocycles. The van der Waals surface area contributed by atoms with Gasteiger partial charge in [-0.2, -0.15) is 0 Å². The number of esters is 2. The Morgan fingerprint density at radius 1 is 0.977 bits per heavy atom. The lowest BCUT2D eigenvalue weighted by Gasteiger charge is -2.23. The number of fused-ring (bicyclic) bond motifs is 2. The van der Waals surface area contributed by atoms with Gasteiger partial charge in [-0.25, -0.2) is 14.6 Å². The average Bonchev–Trinajstić information content (AvgIpc) is 3.72. The molecule has 0 bridgehead atoms. The molecule has 1 aliphatic rings. The molecule has 6 rings (SSSR count). The fraction of sp³-hybridized carbons (Fsp3) is 0.212. The SMILES string of the molecule is CCOC(=O)C1=C(C)N=c2s/c(=C\c3cn(Cc4ccc(C(=O)OCC)cc4)c4ccccc34)c(=O)n2[C@@H]1c1cccs1. The number of carbonyl (C=O) groups is 2. The minimum absolute atomic E-state index is 0.206. The maximum absolute atomic E-state index is 14.0. The fourth-order valence-electron chi connectivity index (χ4n) is 5.33. The Hall–Kier alpha value is -4.54. The summed E-state index contributed by atoms with van der Waals surface area (Å²) in [7, 11) is 0. The van der Waals surface area contributed by atoms with E-state index in [2.05, 4.69) is 9.56 Å². The maximum Gasteiger partial charge on any atom is 0.338 e. The first-order valence-corrected chi connectivity index (χ1v) is 15.7. The Morgan fingerprint density at radius 3 is 2.44 bits per heavy atom. The zero-order valence-corrected chi connectivity index (χ0v) is 25.5. The molecule has 43 heavy (non-hydrogen) atoms. The maximum atomic E-state index is 14.0. The molecule has 5 aromatic rings. The molecule has 0 N–H and O–H groups in total. The van der Waals surface area contributed by atoms with Crippen LogP contribution in [0.3, 0.4) is 0 Å². The average molecular weight is 612 g/mol. The van der Waals surface area contributed by atoms with Gasteiger partial charge in [0.2, 0.25) is 0 Å². The van der Waals surface area contributed by atoms with Crippen molar-refractivity contribution >= 4 is 51.6 Å². The number of rotatable bonds is 8. The van der Waals surface area contributed by atoms with Gasteiger partial charge in [-0.15, -0.1) is 11.3 Å². The highest BCUT2D eigenvalue weighted by molar-refractivity contribution is 7.10.